The van der Waals surface area contributed by atoms with Gasteiger partial charge in [0.1, 0.15) is 0 Å². The quantitative estimate of drug-likeness (QED) is 0.938. The molecule has 1 aliphatic heterocycles. The van der Waals surface area contributed by atoms with Crippen molar-refractivity contribution >= 4 is 17.4 Å². The van der Waals surface area contributed by atoms with Crippen LogP contribution in [0.4, 0.5) is 11.5 Å². The van der Waals surface area contributed by atoms with Gasteiger partial charge in [0.25, 0.3) is 0 Å². The Hall–Kier alpha value is -2.43. The van der Waals surface area contributed by atoms with Crippen LogP contribution < -0.4 is 10.2 Å². The average molecular weight is 324 g/mol. The van der Waals surface area contributed by atoms with Crippen molar-refractivity contribution in [2.45, 2.75) is 33.1 Å². The van der Waals surface area contributed by atoms with Gasteiger partial charge in [-0.2, -0.15) is 5.10 Å². The van der Waals surface area contributed by atoms with Gasteiger partial charge in [-0.3, -0.25) is 4.79 Å². The number of hydrogen-bond donors (Lipinski definition) is 1. The molecule has 24 heavy (non-hydrogen) atoms. The van der Waals surface area contributed by atoms with Gasteiger partial charge in [0.2, 0.25) is 5.91 Å². The van der Waals surface area contributed by atoms with Crippen LogP contribution >= 0.6 is 0 Å². The fourth-order valence-corrected chi connectivity index (χ4v) is 3.15. The van der Waals surface area contributed by atoms with E-state index in [1.165, 1.54) is 5.56 Å². The minimum Gasteiger partial charge on any atom is -0.354 e. The normalized spacial score (nSPS) is 17.6. The van der Waals surface area contributed by atoms with E-state index in [2.05, 4.69) is 33.4 Å². The summed E-state index contributed by atoms with van der Waals surface area (Å²) in [5.41, 5.74) is 3.00. The Kier molecular flexibility index (Phi) is 5.08. The van der Waals surface area contributed by atoms with E-state index in [0.29, 0.717) is 6.54 Å². The van der Waals surface area contributed by atoms with Crippen LogP contribution in [0.3, 0.4) is 0 Å². The summed E-state index contributed by atoms with van der Waals surface area (Å²) in [4.78, 5) is 14.9. The topological polar surface area (TPSA) is 58.1 Å². The van der Waals surface area contributed by atoms with Crippen LogP contribution in [-0.2, 0) is 11.2 Å². The maximum absolute atomic E-state index is 12.7. The molecule has 0 aliphatic carbocycles. The number of aryl methyl sites for hydroxylation is 2. The summed E-state index contributed by atoms with van der Waals surface area (Å²) < 4.78 is 0. The van der Waals surface area contributed by atoms with E-state index in [9.17, 15) is 4.79 Å². The fraction of sp³-hybridized carbons (Fsp3) is 0.421. The van der Waals surface area contributed by atoms with Gasteiger partial charge < -0.3 is 10.2 Å². The van der Waals surface area contributed by atoms with E-state index >= 15 is 0 Å². The van der Waals surface area contributed by atoms with E-state index in [-0.39, 0.29) is 11.8 Å². The van der Waals surface area contributed by atoms with E-state index < -0.39 is 0 Å². The predicted octanol–water partition coefficient (Wildman–Crippen LogP) is 3.20. The second-order valence-corrected chi connectivity index (χ2v) is 6.32. The van der Waals surface area contributed by atoms with E-state index in [1.54, 1.807) is 0 Å². The number of aromatic nitrogens is 2. The van der Waals surface area contributed by atoms with Crippen molar-refractivity contribution in [1.29, 1.82) is 0 Å². The van der Waals surface area contributed by atoms with Crippen LogP contribution in [0.2, 0.25) is 0 Å². The molecular weight excluding hydrogens is 300 g/mol. The Morgan fingerprint density at radius 2 is 2.08 bits per heavy atom. The van der Waals surface area contributed by atoms with Gasteiger partial charge in [0.05, 0.1) is 11.6 Å². The van der Waals surface area contributed by atoms with Crippen molar-refractivity contribution in [2.24, 2.45) is 5.92 Å². The molecule has 0 bridgehead atoms. The van der Waals surface area contributed by atoms with Gasteiger partial charge in [-0.05, 0) is 49.9 Å². The lowest BCUT2D eigenvalue weighted by Gasteiger charge is -2.32. The van der Waals surface area contributed by atoms with Crippen molar-refractivity contribution in [2.75, 3.05) is 23.3 Å². The molecule has 1 fully saturated rings. The first-order valence-corrected chi connectivity index (χ1v) is 8.61. The molecule has 3 rings (SSSR count). The number of nitrogens with one attached hydrogen (secondary N) is 1. The molecule has 2 heterocycles. The molecule has 1 atom stereocenters. The first-order chi connectivity index (χ1) is 11.7. The van der Waals surface area contributed by atoms with Gasteiger partial charge in [0, 0.05) is 18.8 Å². The Morgan fingerprint density at radius 1 is 1.25 bits per heavy atom. The van der Waals surface area contributed by atoms with E-state index in [0.717, 1.165) is 43.0 Å². The van der Waals surface area contributed by atoms with Crippen molar-refractivity contribution < 1.29 is 4.79 Å². The summed E-state index contributed by atoms with van der Waals surface area (Å²) in [5, 5.41) is 11.5. The van der Waals surface area contributed by atoms with Crippen LogP contribution in [0.5, 0.6) is 0 Å². The number of carbonyl (C=O) groups is 1. The van der Waals surface area contributed by atoms with Crippen molar-refractivity contribution in [3.63, 3.8) is 0 Å². The van der Waals surface area contributed by atoms with Crippen molar-refractivity contribution in [3.05, 3.63) is 47.7 Å². The summed E-state index contributed by atoms with van der Waals surface area (Å²) in [5.74, 6) is 0.930. The summed E-state index contributed by atoms with van der Waals surface area (Å²) in [6.07, 6.45) is 2.81. The Labute approximate surface area is 143 Å². The van der Waals surface area contributed by atoms with Crippen LogP contribution in [0.1, 0.15) is 31.0 Å². The van der Waals surface area contributed by atoms with Crippen molar-refractivity contribution in [1.82, 2.24) is 10.2 Å². The smallest absolute Gasteiger partial charge is 0.229 e. The number of piperidine rings is 1. The number of nitrogens with zero attached hydrogens (tertiary/aromatic N) is 3. The highest BCUT2D eigenvalue weighted by Crippen LogP contribution is 2.23. The van der Waals surface area contributed by atoms with Crippen LogP contribution in [0.25, 0.3) is 0 Å². The van der Waals surface area contributed by atoms with Crippen LogP contribution in [0, 0.1) is 12.8 Å². The van der Waals surface area contributed by atoms with Crippen molar-refractivity contribution in [3.8, 4) is 0 Å². The van der Waals surface area contributed by atoms with Gasteiger partial charge in [-0.15, -0.1) is 5.10 Å². The van der Waals surface area contributed by atoms with Crippen LogP contribution in [-0.4, -0.2) is 29.2 Å². The molecule has 1 aromatic carbocycles. The number of benzene rings is 1. The van der Waals surface area contributed by atoms with E-state index in [1.807, 2.05) is 37.3 Å². The molecule has 5 nitrogen and oxygen atoms in total. The number of para-hydroxylation sites is 1. The molecule has 0 radical (unpaired) electrons. The number of anilines is 2. The predicted molar refractivity (Wildman–Crippen MR) is 96.2 cm³/mol. The van der Waals surface area contributed by atoms with Gasteiger partial charge >= 0.3 is 0 Å². The third kappa shape index (κ3) is 3.72. The first kappa shape index (κ1) is 16.4. The van der Waals surface area contributed by atoms with Crippen LogP contribution in [0.15, 0.2) is 36.4 Å². The Morgan fingerprint density at radius 3 is 2.83 bits per heavy atom. The minimum absolute atomic E-state index is 0.0215. The highest BCUT2D eigenvalue weighted by Gasteiger charge is 2.27. The number of rotatable bonds is 4. The monoisotopic (exact) mass is 324 g/mol. The molecule has 0 saturated carbocycles. The Balaban J connectivity index is 1.68. The zero-order chi connectivity index (χ0) is 16.9. The second kappa shape index (κ2) is 7.43. The lowest BCUT2D eigenvalue weighted by atomic mass is 9.96. The maximum Gasteiger partial charge on any atom is 0.229 e. The number of hydrogen-bond acceptors (Lipinski definition) is 4. The minimum atomic E-state index is -0.0215. The highest BCUT2D eigenvalue weighted by atomic mass is 16.1. The largest absolute Gasteiger partial charge is 0.354 e. The van der Waals surface area contributed by atoms with Gasteiger partial charge in [-0.25, -0.2) is 0 Å². The zero-order valence-corrected chi connectivity index (χ0v) is 14.3. The summed E-state index contributed by atoms with van der Waals surface area (Å²) in [6, 6.07) is 11.9. The number of amides is 1. The lowest BCUT2D eigenvalue weighted by molar-refractivity contribution is -0.120. The summed E-state index contributed by atoms with van der Waals surface area (Å²) in [6.45, 7) is 5.64. The third-order valence-electron chi connectivity index (χ3n) is 4.56. The molecule has 1 unspecified atom stereocenters. The summed E-state index contributed by atoms with van der Waals surface area (Å²) in [7, 11) is 0. The molecule has 2 aromatic rings. The number of carbonyl (C=O) groups excluding carboxylic acids is 1. The highest BCUT2D eigenvalue weighted by molar-refractivity contribution is 5.93. The summed E-state index contributed by atoms with van der Waals surface area (Å²) >= 11 is 0. The first-order valence-electron chi connectivity index (χ1n) is 8.61. The Bertz CT molecular complexity index is 699. The SMILES string of the molecule is CCc1ccccc1NC(=O)C1CCCN(c2ccc(C)nn2)C1. The molecule has 1 saturated heterocycles. The standard InChI is InChI=1S/C19H24N4O/c1-3-15-7-4-5-9-17(15)20-19(24)16-8-6-12-23(13-16)18-11-10-14(2)21-22-18/h4-5,7,9-11,16H,3,6,8,12-13H2,1-2H3,(H,20,24). The molecule has 1 aliphatic rings. The second-order valence-electron chi connectivity index (χ2n) is 6.32. The maximum atomic E-state index is 12.7. The zero-order valence-electron chi connectivity index (χ0n) is 14.3. The lowest BCUT2D eigenvalue weighted by Crippen LogP contribution is -2.41. The van der Waals surface area contributed by atoms with E-state index in [4.69, 9.17) is 0 Å². The molecule has 1 N–H and O–H groups in total. The molecule has 1 aromatic heterocycles. The average Bonchev–Trinajstić information content (AvgIpc) is 2.63. The molecular formula is C19H24N4O. The molecule has 0 spiro atoms. The molecule has 5 heteroatoms. The molecule has 126 valence electrons. The van der Waals surface area contributed by atoms with Gasteiger partial charge in [0.15, 0.2) is 5.82 Å². The van der Waals surface area contributed by atoms with Gasteiger partial charge in [-0.1, -0.05) is 25.1 Å². The fourth-order valence-electron chi connectivity index (χ4n) is 3.15. The third-order valence-corrected chi connectivity index (χ3v) is 4.56. The molecule has 1 amide bonds.